The number of ketones is 1. The largest absolute Gasteiger partial charge is 0.461 e. The van der Waals surface area contributed by atoms with Crippen molar-refractivity contribution in [1.82, 2.24) is 14.8 Å². The number of furan rings is 1. The molecule has 0 atom stereocenters. The quantitative estimate of drug-likeness (QED) is 0.358. The van der Waals surface area contributed by atoms with Gasteiger partial charge >= 0.3 is 0 Å². The maximum Gasteiger partial charge on any atom is 0.200 e. The fraction of sp³-hybridized carbons (Fsp3) is 0.158. The minimum atomic E-state index is -0.239. The first kappa shape index (κ1) is 18.4. The van der Waals surface area contributed by atoms with Crippen LogP contribution >= 0.6 is 23.5 Å². The molecule has 0 saturated heterocycles. The van der Waals surface area contributed by atoms with Crippen molar-refractivity contribution < 1.29 is 9.21 Å². The van der Waals surface area contributed by atoms with Crippen molar-refractivity contribution in [3.05, 3.63) is 53.3 Å². The van der Waals surface area contributed by atoms with Gasteiger partial charge in [0.2, 0.25) is 0 Å². The minimum Gasteiger partial charge on any atom is -0.461 e. The Morgan fingerprint density at radius 3 is 2.79 bits per heavy atom. The lowest BCUT2D eigenvalue weighted by molar-refractivity contribution is -0.112. The zero-order valence-electron chi connectivity index (χ0n) is 15.1. The van der Waals surface area contributed by atoms with E-state index >= 15 is 0 Å². The molecule has 4 rings (SSSR count). The molecule has 0 aliphatic carbocycles. The second-order valence-electron chi connectivity index (χ2n) is 5.98. The van der Waals surface area contributed by atoms with Crippen molar-refractivity contribution in [2.24, 2.45) is 7.05 Å². The fourth-order valence-electron chi connectivity index (χ4n) is 2.81. The Balaban J connectivity index is 1.52. The molecule has 1 aromatic carbocycles. The van der Waals surface area contributed by atoms with E-state index in [9.17, 15) is 10.1 Å². The smallest absolute Gasteiger partial charge is 0.200 e. The first-order valence-electron chi connectivity index (χ1n) is 8.34. The number of Topliss-reactive ketones (excluding diaryl/α,β-unsaturated/α-hetero) is 1. The molecule has 0 spiro atoms. The maximum atomic E-state index is 12.8. The summed E-state index contributed by atoms with van der Waals surface area (Å²) >= 11 is 2.69. The average Bonchev–Trinajstić information content (AvgIpc) is 3.42. The molecule has 2 aromatic heterocycles. The number of hydrogen-bond donors (Lipinski definition) is 0. The van der Waals surface area contributed by atoms with Gasteiger partial charge in [-0.1, -0.05) is 35.7 Å². The number of anilines is 1. The van der Waals surface area contributed by atoms with Crippen molar-refractivity contribution in [2.45, 2.75) is 10.1 Å². The summed E-state index contributed by atoms with van der Waals surface area (Å²) in [4.78, 5) is 15.7. The van der Waals surface area contributed by atoms with Crippen LogP contribution in [0.3, 0.4) is 0 Å². The summed E-state index contributed by atoms with van der Waals surface area (Å²) in [6, 6.07) is 13.5. The minimum absolute atomic E-state index is 0.0985. The van der Waals surface area contributed by atoms with Gasteiger partial charge in [-0.25, -0.2) is 0 Å². The third-order valence-corrected chi connectivity index (χ3v) is 6.51. The van der Waals surface area contributed by atoms with E-state index in [1.54, 1.807) is 23.0 Å². The number of nitriles is 1. The molecule has 0 unspecified atom stereocenters. The van der Waals surface area contributed by atoms with Gasteiger partial charge in [0, 0.05) is 19.0 Å². The molecule has 0 fully saturated rings. The number of aromatic nitrogens is 3. The Hall–Kier alpha value is -2.96. The molecule has 0 saturated carbocycles. The van der Waals surface area contributed by atoms with E-state index in [1.165, 1.54) is 23.5 Å². The zero-order chi connectivity index (χ0) is 19.7. The van der Waals surface area contributed by atoms with Crippen LogP contribution in [0.15, 0.2) is 67.7 Å². The summed E-state index contributed by atoms with van der Waals surface area (Å²) in [5.74, 6) is 1.05. The van der Waals surface area contributed by atoms with E-state index in [2.05, 4.69) is 16.3 Å². The summed E-state index contributed by atoms with van der Waals surface area (Å²) in [7, 11) is 3.68. The van der Waals surface area contributed by atoms with Crippen LogP contribution in [0.5, 0.6) is 0 Å². The lowest BCUT2D eigenvalue weighted by Gasteiger charge is -2.14. The van der Waals surface area contributed by atoms with Crippen LogP contribution in [0.25, 0.3) is 11.6 Å². The molecule has 0 amide bonds. The second-order valence-corrected chi connectivity index (χ2v) is 7.95. The molecule has 7 nitrogen and oxygen atoms in total. The number of allylic oxidation sites excluding steroid dienone is 1. The van der Waals surface area contributed by atoms with E-state index in [-0.39, 0.29) is 17.1 Å². The molecule has 3 aromatic rings. The number of benzene rings is 1. The molecule has 0 N–H and O–H groups in total. The first-order chi connectivity index (χ1) is 13.6. The van der Waals surface area contributed by atoms with Crippen LogP contribution in [-0.4, -0.2) is 33.3 Å². The van der Waals surface area contributed by atoms with Gasteiger partial charge in [-0.2, -0.15) is 5.26 Å². The maximum absolute atomic E-state index is 12.8. The van der Waals surface area contributed by atoms with Gasteiger partial charge in [0.15, 0.2) is 22.5 Å². The number of thioether (sulfide) groups is 2. The summed E-state index contributed by atoms with van der Waals surface area (Å²) in [6.07, 6.45) is 1.57. The van der Waals surface area contributed by atoms with Crippen LogP contribution in [0.2, 0.25) is 0 Å². The lowest BCUT2D eigenvalue weighted by atomic mass is 10.2. The van der Waals surface area contributed by atoms with Crippen LogP contribution < -0.4 is 4.90 Å². The van der Waals surface area contributed by atoms with Crippen LogP contribution in [-0.2, 0) is 11.8 Å². The van der Waals surface area contributed by atoms with Gasteiger partial charge in [-0.05, 0) is 24.3 Å². The lowest BCUT2D eigenvalue weighted by Crippen LogP contribution is -2.16. The van der Waals surface area contributed by atoms with E-state index in [4.69, 9.17) is 4.42 Å². The third kappa shape index (κ3) is 3.21. The van der Waals surface area contributed by atoms with Crippen LogP contribution in [0.1, 0.15) is 0 Å². The zero-order valence-corrected chi connectivity index (χ0v) is 16.8. The Kier molecular flexibility index (Phi) is 4.98. The molecule has 0 radical (unpaired) electrons. The highest BCUT2D eigenvalue weighted by Gasteiger charge is 2.28. The van der Waals surface area contributed by atoms with Gasteiger partial charge in [0.25, 0.3) is 0 Å². The molecular weight excluding hydrogens is 394 g/mol. The number of carbonyl (C=O) groups excluding carboxylic acids is 1. The molecule has 1 aliphatic heterocycles. The van der Waals surface area contributed by atoms with Crippen molar-refractivity contribution >= 4 is 35.0 Å². The molecule has 140 valence electrons. The summed E-state index contributed by atoms with van der Waals surface area (Å²) < 4.78 is 7.11. The first-order valence-corrected chi connectivity index (χ1v) is 10.1. The van der Waals surface area contributed by atoms with Gasteiger partial charge in [0.05, 0.1) is 17.7 Å². The second kappa shape index (κ2) is 7.58. The van der Waals surface area contributed by atoms with Crippen molar-refractivity contribution in [1.29, 1.82) is 5.26 Å². The highest BCUT2D eigenvalue weighted by atomic mass is 32.2. The van der Waals surface area contributed by atoms with Gasteiger partial charge in [-0.3, -0.25) is 4.79 Å². The van der Waals surface area contributed by atoms with Crippen LogP contribution in [0, 0.1) is 11.3 Å². The fourth-order valence-corrected chi connectivity index (χ4v) is 4.76. The Morgan fingerprint density at radius 1 is 1.25 bits per heavy atom. The number of nitrogens with zero attached hydrogens (tertiary/aromatic N) is 5. The average molecular weight is 409 g/mol. The molecule has 9 heteroatoms. The standard InChI is InChI=1S/C19H15N5O2S2/c1-23-13-6-3-4-8-16(13)28-18(23)12(10-20)14(25)11-27-19-22-21-17(24(19)2)15-7-5-9-26-15/h3-9H,11H2,1-2H3/b18-12-. The Bertz CT molecular complexity index is 1110. The third-order valence-electron chi connectivity index (χ3n) is 4.25. The molecule has 0 bridgehead atoms. The predicted molar refractivity (Wildman–Crippen MR) is 108 cm³/mol. The molecular formula is C19H15N5O2S2. The van der Waals surface area contributed by atoms with E-state index < -0.39 is 0 Å². The SMILES string of the molecule is CN1/C(=C(\C#N)C(=O)CSc2nnc(-c3ccco3)n2C)Sc2ccccc21. The molecule has 1 aliphatic rings. The number of carbonyl (C=O) groups is 1. The predicted octanol–water partition coefficient (Wildman–Crippen LogP) is 3.71. The monoisotopic (exact) mass is 409 g/mol. The summed E-state index contributed by atoms with van der Waals surface area (Å²) in [6.45, 7) is 0. The number of para-hydroxylation sites is 1. The van der Waals surface area contributed by atoms with Gasteiger partial charge < -0.3 is 13.9 Å². The normalized spacial score (nSPS) is 14.7. The Labute approximate surface area is 170 Å². The van der Waals surface area contributed by atoms with E-state index in [0.29, 0.717) is 21.8 Å². The van der Waals surface area contributed by atoms with E-state index in [0.717, 1.165) is 10.6 Å². The molecule has 28 heavy (non-hydrogen) atoms. The topological polar surface area (TPSA) is 87.9 Å². The highest BCUT2D eigenvalue weighted by molar-refractivity contribution is 8.03. The van der Waals surface area contributed by atoms with Gasteiger partial charge in [0.1, 0.15) is 16.7 Å². The number of fused-ring (bicyclic) bond motifs is 1. The highest BCUT2D eigenvalue weighted by Crippen LogP contribution is 2.46. The Morgan fingerprint density at radius 2 is 2.07 bits per heavy atom. The number of hydrogen-bond acceptors (Lipinski definition) is 8. The summed E-state index contributed by atoms with van der Waals surface area (Å²) in [5, 5.41) is 19.1. The van der Waals surface area contributed by atoms with Gasteiger partial charge in [-0.15, -0.1) is 10.2 Å². The van der Waals surface area contributed by atoms with Crippen molar-refractivity contribution in [3.8, 4) is 17.7 Å². The van der Waals surface area contributed by atoms with Crippen molar-refractivity contribution in [2.75, 3.05) is 17.7 Å². The van der Waals surface area contributed by atoms with Crippen LogP contribution in [0.4, 0.5) is 5.69 Å². The number of rotatable bonds is 5. The van der Waals surface area contributed by atoms with E-state index in [1.807, 2.05) is 43.3 Å². The van der Waals surface area contributed by atoms with Crippen molar-refractivity contribution in [3.63, 3.8) is 0 Å². The summed E-state index contributed by atoms with van der Waals surface area (Å²) in [5.41, 5.74) is 1.15. The molecule has 3 heterocycles.